The van der Waals surface area contributed by atoms with Gasteiger partial charge in [-0.2, -0.15) is 0 Å². The molecular formula is C19H14IN3OS. The van der Waals surface area contributed by atoms with E-state index >= 15 is 0 Å². The van der Waals surface area contributed by atoms with E-state index in [1.165, 1.54) is 11.8 Å². The highest BCUT2D eigenvalue weighted by Gasteiger charge is 2.24. The Morgan fingerprint density at radius 3 is 2.72 bits per heavy atom. The van der Waals surface area contributed by atoms with Crippen molar-refractivity contribution in [3.05, 3.63) is 68.8 Å². The lowest BCUT2D eigenvalue weighted by Crippen LogP contribution is -2.19. The number of halogens is 1. The number of benzene rings is 2. The van der Waals surface area contributed by atoms with Crippen molar-refractivity contribution in [1.29, 1.82) is 0 Å². The molecule has 1 aliphatic heterocycles. The van der Waals surface area contributed by atoms with Crippen molar-refractivity contribution < 1.29 is 4.79 Å². The Morgan fingerprint density at radius 2 is 1.92 bits per heavy atom. The number of hydrogen-bond acceptors (Lipinski definition) is 3. The Balaban J connectivity index is 1.66. The average Bonchev–Trinajstić information content (AvgIpc) is 3.11. The first-order valence-electron chi connectivity index (χ1n) is 7.69. The molecule has 0 bridgehead atoms. The summed E-state index contributed by atoms with van der Waals surface area (Å²) >= 11 is 3.62. The van der Waals surface area contributed by atoms with Crippen LogP contribution in [0.2, 0.25) is 0 Å². The number of fused-ring (bicyclic) bond motifs is 1. The van der Waals surface area contributed by atoms with Crippen LogP contribution in [-0.2, 0) is 11.8 Å². The molecule has 1 aliphatic rings. The number of hydrogen-bond donors (Lipinski definition) is 1. The van der Waals surface area contributed by atoms with Crippen molar-refractivity contribution in [2.75, 3.05) is 0 Å². The van der Waals surface area contributed by atoms with Gasteiger partial charge in [0.25, 0.3) is 5.91 Å². The first kappa shape index (κ1) is 16.4. The number of nitrogens with zero attached hydrogens (tertiary/aromatic N) is 2. The fraction of sp³-hybridized carbons (Fsp3) is 0.0526. The molecule has 0 unspecified atom stereocenters. The van der Waals surface area contributed by atoms with Crippen LogP contribution >= 0.6 is 34.4 Å². The Labute approximate surface area is 163 Å². The van der Waals surface area contributed by atoms with Crippen LogP contribution in [0, 0.1) is 3.57 Å². The highest BCUT2D eigenvalue weighted by atomic mass is 127. The lowest BCUT2D eigenvalue weighted by molar-refractivity contribution is -0.115. The number of amides is 1. The highest BCUT2D eigenvalue weighted by Crippen LogP contribution is 2.30. The van der Waals surface area contributed by atoms with E-state index in [1.54, 1.807) is 0 Å². The number of amidine groups is 1. The molecule has 1 N–H and O–H groups in total. The van der Waals surface area contributed by atoms with Crippen LogP contribution in [0.15, 0.2) is 64.6 Å². The number of carbonyl (C=O) groups excluding carboxylic acids is 1. The predicted octanol–water partition coefficient (Wildman–Crippen LogP) is 4.67. The predicted molar refractivity (Wildman–Crippen MR) is 113 cm³/mol. The fourth-order valence-electron chi connectivity index (χ4n) is 2.74. The topological polar surface area (TPSA) is 46.4 Å². The fourth-order valence-corrected chi connectivity index (χ4v) is 3.93. The molecule has 3 aromatic rings. The van der Waals surface area contributed by atoms with Crippen molar-refractivity contribution in [2.45, 2.75) is 0 Å². The van der Waals surface area contributed by atoms with Crippen LogP contribution in [-0.4, -0.2) is 15.6 Å². The van der Waals surface area contributed by atoms with E-state index in [4.69, 9.17) is 0 Å². The van der Waals surface area contributed by atoms with Gasteiger partial charge in [-0.1, -0.05) is 18.2 Å². The van der Waals surface area contributed by atoms with E-state index in [-0.39, 0.29) is 5.91 Å². The molecule has 1 aromatic heterocycles. The van der Waals surface area contributed by atoms with Crippen LogP contribution in [0.1, 0.15) is 5.56 Å². The van der Waals surface area contributed by atoms with Crippen molar-refractivity contribution in [3.63, 3.8) is 0 Å². The summed E-state index contributed by atoms with van der Waals surface area (Å²) in [5.41, 5.74) is 3.01. The number of aliphatic imine (C=N–C) groups is 1. The number of carbonyl (C=O) groups is 1. The Hall–Kier alpha value is -2.06. The molecule has 0 radical (unpaired) electrons. The van der Waals surface area contributed by atoms with E-state index < -0.39 is 0 Å². The molecule has 6 heteroatoms. The van der Waals surface area contributed by atoms with Crippen LogP contribution < -0.4 is 5.32 Å². The maximum absolute atomic E-state index is 12.3. The zero-order chi connectivity index (χ0) is 17.4. The third-order valence-corrected chi connectivity index (χ3v) is 5.55. The molecule has 0 aliphatic carbocycles. The summed E-state index contributed by atoms with van der Waals surface area (Å²) in [4.78, 5) is 17.4. The van der Waals surface area contributed by atoms with Crippen molar-refractivity contribution in [3.8, 4) is 0 Å². The number of nitrogens with one attached hydrogen (secondary N) is 1. The second kappa shape index (κ2) is 6.68. The summed E-state index contributed by atoms with van der Waals surface area (Å²) in [5, 5.41) is 4.58. The lowest BCUT2D eigenvalue weighted by Gasteiger charge is -1.96. The van der Waals surface area contributed by atoms with Crippen LogP contribution in [0.25, 0.3) is 17.0 Å². The van der Waals surface area contributed by atoms with Crippen molar-refractivity contribution in [2.24, 2.45) is 12.0 Å². The van der Waals surface area contributed by atoms with Gasteiger partial charge in [-0.3, -0.25) is 4.79 Å². The SMILES string of the molecule is Cn1cc(/C=C2\SC(=Nc3ccc(I)cc3)NC2=O)c2ccccc21. The van der Waals surface area contributed by atoms with Crippen LogP contribution in [0.4, 0.5) is 5.69 Å². The standard InChI is InChI=1S/C19H14IN3OS/c1-23-11-12(15-4-2-3-5-16(15)23)10-17-18(24)22-19(25-17)21-14-8-6-13(20)7-9-14/h2-11H,1H3,(H,21,22,24)/b17-10-. The molecule has 0 atom stereocenters. The normalized spacial score (nSPS) is 17.6. The molecule has 124 valence electrons. The second-order valence-corrected chi connectivity index (χ2v) is 7.95. The molecule has 0 saturated carbocycles. The lowest BCUT2D eigenvalue weighted by atomic mass is 10.1. The molecule has 25 heavy (non-hydrogen) atoms. The van der Waals surface area contributed by atoms with Crippen molar-refractivity contribution in [1.82, 2.24) is 9.88 Å². The van der Waals surface area contributed by atoms with E-state index in [0.29, 0.717) is 10.1 Å². The number of thioether (sulfide) groups is 1. The molecular weight excluding hydrogens is 445 g/mol. The zero-order valence-electron chi connectivity index (χ0n) is 13.4. The minimum atomic E-state index is -0.109. The van der Waals surface area contributed by atoms with Gasteiger partial charge in [-0.05, 0) is 70.8 Å². The van der Waals surface area contributed by atoms with Gasteiger partial charge in [0, 0.05) is 33.3 Å². The zero-order valence-corrected chi connectivity index (χ0v) is 16.3. The minimum absolute atomic E-state index is 0.109. The van der Waals surface area contributed by atoms with Gasteiger partial charge in [0.05, 0.1) is 10.6 Å². The Kier molecular flexibility index (Phi) is 4.39. The molecule has 0 spiro atoms. The monoisotopic (exact) mass is 459 g/mol. The van der Waals surface area contributed by atoms with Crippen LogP contribution in [0.3, 0.4) is 0 Å². The van der Waals surface area contributed by atoms with Gasteiger partial charge < -0.3 is 9.88 Å². The van der Waals surface area contributed by atoms with E-state index in [1.807, 2.05) is 55.7 Å². The summed E-state index contributed by atoms with van der Waals surface area (Å²) < 4.78 is 3.22. The summed E-state index contributed by atoms with van der Waals surface area (Å²) in [5.74, 6) is -0.109. The van der Waals surface area contributed by atoms with Crippen molar-refractivity contribution >= 4 is 68.1 Å². The third kappa shape index (κ3) is 3.36. The summed E-state index contributed by atoms with van der Waals surface area (Å²) in [6.07, 6.45) is 3.97. The average molecular weight is 459 g/mol. The van der Waals surface area contributed by atoms with Gasteiger partial charge in [-0.25, -0.2) is 4.99 Å². The number of aromatic nitrogens is 1. The molecule has 1 saturated heterocycles. The van der Waals surface area contributed by atoms with Crippen LogP contribution in [0.5, 0.6) is 0 Å². The summed E-state index contributed by atoms with van der Waals surface area (Å²) in [6.45, 7) is 0. The number of rotatable bonds is 2. The largest absolute Gasteiger partial charge is 0.350 e. The number of para-hydroxylation sites is 1. The van der Waals surface area contributed by atoms with Gasteiger partial charge in [0.2, 0.25) is 0 Å². The van der Waals surface area contributed by atoms with Gasteiger partial charge in [0.15, 0.2) is 5.17 Å². The van der Waals surface area contributed by atoms with E-state index in [9.17, 15) is 4.79 Å². The molecule has 2 heterocycles. The molecule has 4 rings (SSSR count). The Bertz CT molecular complexity index is 1030. The first-order chi connectivity index (χ1) is 12.1. The quantitative estimate of drug-likeness (QED) is 0.447. The molecule has 1 fully saturated rings. The van der Waals surface area contributed by atoms with E-state index in [0.717, 1.165) is 25.7 Å². The Morgan fingerprint density at radius 1 is 1.16 bits per heavy atom. The maximum atomic E-state index is 12.3. The molecule has 2 aromatic carbocycles. The number of aryl methyl sites for hydroxylation is 1. The minimum Gasteiger partial charge on any atom is -0.350 e. The van der Waals surface area contributed by atoms with Gasteiger partial charge in [-0.15, -0.1) is 0 Å². The highest BCUT2D eigenvalue weighted by molar-refractivity contribution is 14.1. The molecule has 1 amide bonds. The third-order valence-electron chi connectivity index (χ3n) is 3.92. The smallest absolute Gasteiger partial charge is 0.264 e. The maximum Gasteiger partial charge on any atom is 0.264 e. The second-order valence-electron chi connectivity index (χ2n) is 5.67. The summed E-state index contributed by atoms with van der Waals surface area (Å²) in [6, 6.07) is 16.0. The van der Waals surface area contributed by atoms with E-state index in [2.05, 4.69) is 49.6 Å². The van der Waals surface area contributed by atoms with Gasteiger partial charge in [0.1, 0.15) is 0 Å². The first-order valence-corrected chi connectivity index (χ1v) is 9.59. The summed E-state index contributed by atoms with van der Waals surface area (Å²) in [7, 11) is 2.01. The van der Waals surface area contributed by atoms with Gasteiger partial charge >= 0.3 is 0 Å². The molecule has 4 nitrogen and oxygen atoms in total.